The Morgan fingerprint density at radius 1 is 1.47 bits per heavy atom. The Balaban J connectivity index is 2.31. The molecule has 2 atom stereocenters. The first-order valence-corrected chi connectivity index (χ1v) is 6.97. The van der Waals surface area contributed by atoms with Gasteiger partial charge in [0.15, 0.2) is 0 Å². The summed E-state index contributed by atoms with van der Waals surface area (Å²) in [6.45, 7) is 8.46. The van der Waals surface area contributed by atoms with Gasteiger partial charge in [-0.2, -0.15) is 0 Å². The van der Waals surface area contributed by atoms with Crippen LogP contribution in [-0.4, -0.2) is 38.0 Å². The maximum absolute atomic E-state index is 5.68. The van der Waals surface area contributed by atoms with E-state index in [9.17, 15) is 0 Å². The van der Waals surface area contributed by atoms with Gasteiger partial charge < -0.3 is 14.8 Å². The monoisotopic (exact) mass is 243 g/mol. The molecule has 0 amide bonds. The Hall–Kier alpha value is -0.120. The van der Waals surface area contributed by atoms with E-state index in [0.29, 0.717) is 12.1 Å². The Bertz CT molecular complexity index is 200. The third-order valence-electron chi connectivity index (χ3n) is 3.64. The fourth-order valence-electron chi connectivity index (χ4n) is 2.50. The van der Waals surface area contributed by atoms with Crippen molar-refractivity contribution in [2.45, 2.75) is 70.6 Å². The maximum Gasteiger partial charge on any atom is 0.0637 e. The van der Waals surface area contributed by atoms with Crippen LogP contribution in [0.1, 0.15) is 52.9 Å². The molecule has 0 aromatic rings. The molecule has 1 aliphatic heterocycles. The zero-order valence-electron chi connectivity index (χ0n) is 11.9. The fraction of sp³-hybridized carbons (Fsp3) is 1.00. The number of hydrogen-bond donors (Lipinski definition) is 1. The summed E-state index contributed by atoms with van der Waals surface area (Å²) in [6.07, 6.45) is 6.40. The Morgan fingerprint density at radius 3 is 2.76 bits per heavy atom. The van der Waals surface area contributed by atoms with Crippen LogP contribution in [0.15, 0.2) is 0 Å². The molecule has 0 saturated carbocycles. The van der Waals surface area contributed by atoms with Gasteiger partial charge in [-0.3, -0.25) is 0 Å². The van der Waals surface area contributed by atoms with Crippen LogP contribution in [0.4, 0.5) is 0 Å². The second kappa shape index (κ2) is 7.34. The zero-order chi connectivity index (χ0) is 12.7. The highest BCUT2D eigenvalue weighted by Crippen LogP contribution is 2.22. The highest BCUT2D eigenvalue weighted by Gasteiger charge is 2.24. The number of ether oxygens (including phenoxy) is 2. The molecule has 1 rings (SSSR count). The lowest BCUT2D eigenvalue weighted by Crippen LogP contribution is -2.38. The standard InChI is InChI=1S/C14H29NO2/c1-5-15-12(11-14(2,3)16-4)8-9-13-7-6-10-17-13/h12-13,15H,5-11H2,1-4H3. The van der Waals surface area contributed by atoms with Gasteiger partial charge in [0.1, 0.15) is 0 Å². The number of hydrogen-bond acceptors (Lipinski definition) is 3. The first-order valence-electron chi connectivity index (χ1n) is 6.97. The molecule has 0 spiro atoms. The minimum atomic E-state index is -0.0383. The first kappa shape index (κ1) is 14.9. The first-order chi connectivity index (χ1) is 8.07. The molecular formula is C14H29NO2. The van der Waals surface area contributed by atoms with E-state index in [1.807, 2.05) is 0 Å². The van der Waals surface area contributed by atoms with E-state index in [-0.39, 0.29) is 5.60 Å². The van der Waals surface area contributed by atoms with E-state index in [4.69, 9.17) is 9.47 Å². The van der Waals surface area contributed by atoms with Crippen molar-refractivity contribution in [3.8, 4) is 0 Å². The summed E-state index contributed by atoms with van der Waals surface area (Å²) in [5, 5.41) is 3.56. The van der Waals surface area contributed by atoms with Crippen LogP contribution < -0.4 is 5.32 Å². The van der Waals surface area contributed by atoms with Crippen LogP contribution in [0.3, 0.4) is 0 Å². The van der Waals surface area contributed by atoms with E-state index >= 15 is 0 Å². The summed E-state index contributed by atoms with van der Waals surface area (Å²) in [5.41, 5.74) is -0.0383. The summed E-state index contributed by atoms with van der Waals surface area (Å²) in [7, 11) is 1.79. The third-order valence-corrected chi connectivity index (χ3v) is 3.64. The van der Waals surface area contributed by atoms with Gasteiger partial charge in [-0.15, -0.1) is 0 Å². The molecule has 3 heteroatoms. The van der Waals surface area contributed by atoms with Gasteiger partial charge in [0.2, 0.25) is 0 Å². The molecule has 0 aliphatic carbocycles. The van der Waals surface area contributed by atoms with Crippen LogP contribution >= 0.6 is 0 Å². The van der Waals surface area contributed by atoms with E-state index in [1.54, 1.807) is 7.11 Å². The molecule has 0 radical (unpaired) electrons. The van der Waals surface area contributed by atoms with Crippen molar-refractivity contribution in [3.05, 3.63) is 0 Å². The van der Waals surface area contributed by atoms with Crippen LogP contribution in [0, 0.1) is 0 Å². The topological polar surface area (TPSA) is 30.5 Å². The van der Waals surface area contributed by atoms with Gasteiger partial charge in [0.05, 0.1) is 11.7 Å². The molecule has 1 saturated heterocycles. The van der Waals surface area contributed by atoms with Gasteiger partial charge in [-0.1, -0.05) is 6.92 Å². The predicted molar refractivity (Wildman–Crippen MR) is 71.4 cm³/mol. The lowest BCUT2D eigenvalue weighted by molar-refractivity contribution is 0.00475. The van der Waals surface area contributed by atoms with Gasteiger partial charge >= 0.3 is 0 Å². The van der Waals surface area contributed by atoms with Crippen LogP contribution in [-0.2, 0) is 9.47 Å². The number of nitrogens with one attached hydrogen (secondary N) is 1. The second-order valence-electron chi connectivity index (χ2n) is 5.63. The smallest absolute Gasteiger partial charge is 0.0637 e. The Labute approximate surface area is 106 Å². The average Bonchev–Trinajstić information content (AvgIpc) is 2.79. The molecule has 0 bridgehead atoms. The van der Waals surface area contributed by atoms with Crippen molar-refractivity contribution in [1.29, 1.82) is 0 Å². The lowest BCUT2D eigenvalue weighted by atomic mass is 9.94. The average molecular weight is 243 g/mol. The van der Waals surface area contributed by atoms with Crippen molar-refractivity contribution in [2.75, 3.05) is 20.3 Å². The normalized spacial score (nSPS) is 22.9. The highest BCUT2D eigenvalue weighted by molar-refractivity contribution is 4.79. The summed E-state index contributed by atoms with van der Waals surface area (Å²) in [5.74, 6) is 0. The number of methoxy groups -OCH3 is 1. The third kappa shape index (κ3) is 5.84. The van der Waals surface area contributed by atoms with E-state index in [2.05, 4.69) is 26.1 Å². The quantitative estimate of drug-likeness (QED) is 0.711. The van der Waals surface area contributed by atoms with Crippen molar-refractivity contribution < 1.29 is 9.47 Å². The predicted octanol–water partition coefficient (Wildman–Crippen LogP) is 2.74. The molecule has 1 N–H and O–H groups in total. The van der Waals surface area contributed by atoms with Crippen LogP contribution in [0.2, 0.25) is 0 Å². The lowest BCUT2D eigenvalue weighted by Gasteiger charge is -2.29. The summed E-state index contributed by atoms with van der Waals surface area (Å²) in [6, 6.07) is 0.541. The van der Waals surface area contributed by atoms with Gasteiger partial charge in [0, 0.05) is 19.8 Å². The number of rotatable bonds is 8. The SMILES string of the molecule is CCNC(CCC1CCCO1)CC(C)(C)OC. The van der Waals surface area contributed by atoms with Gasteiger partial charge in [-0.05, 0) is 52.5 Å². The zero-order valence-corrected chi connectivity index (χ0v) is 11.9. The van der Waals surface area contributed by atoms with Crippen molar-refractivity contribution in [1.82, 2.24) is 5.32 Å². The summed E-state index contributed by atoms with van der Waals surface area (Å²) >= 11 is 0. The van der Waals surface area contributed by atoms with Crippen molar-refractivity contribution >= 4 is 0 Å². The summed E-state index contributed by atoms with van der Waals surface area (Å²) < 4.78 is 11.2. The van der Waals surface area contributed by atoms with Crippen molar-refractivity contribution in [2.24, 2.45) is 0 Å². The minimum Gasteiger partial charge on any atom is -0.379 e. The molecule has 1 fully saturated rings. The van der Waals surface area contributed by atoms with Gasteiger partial charge in [0.25, 0.3) is 0 Å². The molecular weight excluding hydrogens is 214 g/mol. The molecule has 17 heavy (non-hydrogen) atoms. The minimum absolute atomic E-state index is 0.0383. The largest absolute Gasteiger partial charge is 0.379 e. The molecule has 3 nitrogen and oxygen atoms in total. The Morgan fingerprint density at radius 2 is 2.24 bits per heavy atom. The second-order valence-corrected chi connectivity index (χ2v) is 5.63. The van der Waals surface area contributed by atoms with Crippen LogP contribution in [0.5, 0.6) is 0 Å². The molecule has 2 unspecified atom stereocenters. The molecule has 102 valence electrons. The van der Waals surface area contributed by atoms with E-state index in [0.717, 1.165) is 19.6 Å². The van der Waals surface area contributed by atoms with Gasteiger partial charge in [-0.25, -0.2) is 0 Å². The van der Waals surface area contributed by atoms with E-state index in [1.165, 1.54) is 25.7 Å². The summed E-state index contributed by atoms with van der Waals surface area (Å²) in [4.78, 5) is 0. The molecule has 1 heterocycles. The Kier molecular flexibility index (Phi) is 6.45. The molecule has 0 aromatic heterocycles. The fourth-order valence-corrected chi connectivity index (χ4v) is 2.50. The van der Waals surface area contributed by atoms with E-state index < -0.39 is 0 Å². The molecule has 1 aliphatic rings. The van der Waals surface area contributed by atoms with Crippen LogP contribution in [0.25, 0.3) is 0 Å². The maximum atomic E-state index is 5.68. The van der Waals surface area contributed by atoms with Crippen molar-refractivity contribution in [3.63, 3.8) is 0 Å². The highest BCUT2D eigenvalue weighted by atomic mass is 16.5. The molecule has 0 aromatic carbocycles.